The fraction of sp³-hybridized carbons (Fsp3) is 0.462. The zero-order valence-corrected chi connectivity index (χ0v) is 11.3. The molecule has 1 aliphatic carbocycles. The van der Waals surface area contributed by atoms with Crippen LogP contribution in [0.15, 0.2) is 16.8 Å². The van der Waals surface area contributed by atoms with Crippen LogP contribution < -0.4 is 11.1 Å². The highest BCUT2D eigenvalue weighted by molar-refractivity contribution is 5.93. The largest absolute Gasteiger partial charge is 0.397 e. The van der Waals surface area contributed by atoms with Crippen LogP contribution in [0.1, 0.15) is 41.1 Å². The summed E-state index contributed by atoms with van der Waals surface area (Å²) >= 11 is 0. The second-order valence-electron chi connectivity index (χ2n) is 5.04. The van der Waals surface area contributed by atoms with Gasteiger partial charge in [0.25, 0.3) is 5.91 Å². The van der Waals surface area contributed by atoms with Crippen LogP contribution in [-0.2, 0) is 6.42 Å². The first-order chi connectivity index (χ1) is 9.63. The third kappa shape index (κ3) is 2.66. The van der Waals surface area contributed by atoms with Crippen molar-refractivity contribution < 1.29 is 9.32 Å². The van der Waals surface area contributed by atoms with Gasteiger partial charge in [-0.15, -0.1) is 0 Å². The molecule has 2 aromatic heterocycles. The molecule has 0 aromatic carbocycles. The monoisotopic (exact) mass is 275 g/mol. The van der Waals surface area contributed by atoms with Gasteiger partial charge >= 0.3 is 0 Å². The Balaban J connectivity index is 1.59. The summed E-state index contributed by atoms with van der Waals surface area (Å²) in [6, 6.07) is 2.14. The van der Waals surface area contributed by atoms with E-state index in [1.165, 1.54) is 0 Å². The summed E-state index contributed by atoms with van der Waals surface area (Å²) in [7, 11) is 0. The van der Waals surface area contributed by atoms with Crippen molar-refractivity contribution in [3.63, 3.8) is 0 Å². The highest BCUT2D eigenvalue weighted by atomic mass is 16.5. The number of rotatable bonds is 5. The zero-order chi connectivity index (χ0) is 14.1. The fourth-order valence-corrected chi connectivity index (χ4v) is 2.15. The molecule has 3 rings (SSSR count). The molecule has 1 saturated carbocycles. The van der Waals surface area contributed by atoms with E-state index >= 15 is 0 Å². The molecule has 1 fully saturated rings. The van der Waals surface area contributed by atoms with Crippen LogP contribution in [0.4, 0.5) is 5.69 Å². The molecule has 0 saturated heterocycles. The van der Waals surface area contributed by atoms with E-state index in [1.54, 1.807) is 13.0 Å². The number of nitrogens with zero attached hydrogens (tertiary/aromatic N) is 3. The van der Waals surface area contributed by atoms with E-state index in [4.69, 9.17) is 10.3 Å². The molecule has 0 radical (unpaired) electrons. The van der Waals surface area contributed by atoms with Crippen molar-refractivity contribution in [3.05, 3.63) is 29.7 Å². The zero-order valence-electron chi connectivity index (χ0n) is 11.3. The summed E-state index contributed by atoms with van der Waals surface area (Å²) in [6.45, 7) is 2.22. The molecule has 0 aliphatic heterocycles. The van der Waals surface area contributed by atoms with E-state index in [2.05, 4.69) is 15.5 Å². The molecule has 1 amide bonds. The number of anilines is 1. The van der Waals surface area contributed by atoms with Gasteiger partial charge in [-0.25, -0.2) is 0 Å². The summed E-state index contributed by atoms with van der Waals surface area (Å²) in [5.41, 5.74) is 7.01. The number of nitrogens with two attached hydrogens (primary N) is 1. The number of aryl methyl sites for hydroxylation is 1. The van der Waals surface area contributed by atoms with Gasteiger partial charge in [0.1, 0.15) is 5.69 Å². The van der Waals surface area contributed by atoms with Gasteiger partial charge in [0.15, 0.2) is 5.82 Å². The van der Waals surface area contributed by atoms with Gasteiger partial charge in [0.2, 0.25) is 5.89 Å². The molecule has 7 heteroatoms. The Hall–Kier alpha value is -2.31. The standard InChI is InChI=1S/C13H17N5O2/c1-8-16-12(20-17-8)4-5-15-13(19)11-6-9(14)7-18(11)10-2-3-10/h6-7,10H,2-5,14H2,1H3,(H,15,19). The van der Waals surface area contributed by atoms with Gasteiger partial charge in [0.05, 0.1) is 5.69 Å². The predicted molar refractivity (Wildman–Crippen MR) is 72.2 cm³/mol. The molecule has 3 N–H and O–H groups in total. The molecule has 0 bridgehead atoms. The molecule has 0 spiro atoms. The second kappa shape index (κ2) is 4.99. The average Bonchev–Trinajstić information content (AvgIpc) is 3.06. The Kier molecular flexibility index (Phi) is 3.17. The lowest BCUT2D eigenvalue weighted by atomic mass is 10.3. The number of amides is 1. The first kappa shape index (κ1) is 12.7. The highest BCUT2D eigenvalue weighted by Gasteiger charge is 2.27. The Labute approximate surface area is 116 Å². The fourth-order valence-electron chi connectivity index (χ4n) is 2.15. The van der Waals surface area contributed by atoms with Gasteiger partial charge in [0, 0.05) is 25.2 Å². The predicted octanol–water partition coefficient (Wildman–Crippen LogP) is 1.07. The number of aromatic nitrogens is 3. The normalized spacial score (nSPS) is 14.4. The van der Waals surface area contributed by atoms with Crippen LogP contribution >= 0.6 is 0 Å². The first-order valence-corrected chi connectivity index (χ1v) is 6.68. The van der Waals surface area contributed by atoms with Crippen molar-refractivity contribution in [3.8, 4) is 0 Å². The van der Waals surface area contributed by atoms with E-state index < -0.39 is 0 Å². The number of hydrogen-bond donors (Lipinski definition) is 2. The van der Waals surface area contributed by atoms with Gasteiger partial charge in [-0.2, -0.15) is 4.98 Å². The number of nitrogen functional groups attached to an aromatic ring is 1. The SMILES string of the molecule is Cc1noc(CCNC(=O)c2cc(N)cn2C2CC2)n1. The summed E-state index contributed by atoms with van der Waals surface area (Å²) in [6.07, 6.45) is 4.56. The molecule has 2 aromatic rings. The third-order valence-corrected chi connectivity index (χ3v) is 3.24. The van der Waals surface area contributed by atoms with Crippen molar-refractivity contribution in [2.45, 2.75) is 32.2 Å². The van der Waals surface area contributed by atoms with Crippen molar-refractivity contribution in [1.82, 2.24) is 20.0 Å². The van der Waals surface area contributed by atoms with Gasteiger partial charge < -0.3 is 20.1 Å². The minimum absolute atomic E-state index is 0.121. The minimum atomic E-state index is -0.121. The smallest absolute Gasteiger partial charge is 0.268 e. The van der Waals surface area contributed by atoms with Crippen LogP contribution in [0.25, 0.3) is 0 Å². The molecule has 20 heavy (non-hydrogen) atoms. The van der Waals surface area contributed by atoms with Crippen LogP contribution in [-0.4, -0.2) is 27.2 Å². The Morgan fingerprint density at radius 1 is 1.60 bits per heavy atom. The number of carbonyl (C=O) groups excluding carboxylic acids is 1. The van der Waals surface area contributed by atoms with Gasteiger partial charge in [-0.05, 0) is 25.8 Å². The summed E-state index contributed by atoms with van der Waals surface area (Å²) in [4.78, 5) is 16.2. The molecule has 7 nitrogen and oxygen atoms in total. The molecule has 0 atom stereocenters. The maximum absolute atomic E-state index is 12.2. The summed E-state index contributed by atoms with van der Waals surface area (Å²) in [5, 5.41) is 6.55. The maximum atomic E-state index is 12.2. The van der Waals surface area contributed by atoms with Gasteiger partial charge in [-0.1, -0.05) is 5.16 Å². The Morgan fingerprint density at radius 3 is 3.05 bits per heavy atom. The van der Waals surface area contributed by atoms with Crippen molar-refractivity contribution in [2.24, 2.45) is 0 Å². The molecule has 2 heterocycles. The van der Waals surface area contributed by atoms with Crippen molar-refractivity contribution in [1.29, 1.82) is 0 Å². The maximum Gasteiger partial charge on any atom is 0.268 e. The van der Waals surface area contributed by atoms with Crippen LogP contribution in [0.5, 0.6) is 0 Å². The molecule has 106 valence electrons. The van der Waals surface area contributed by atoms with Crippen molar-refractivity contribution >= 4 is 11.6 Å². The first-order valence-electron chi connectivity index (χ1n) is 6.68. The third-order valence-electron chi connectivity index (χ3n) is 3.24. The number of carbonyl (C=O) groups is 1. The molecular weight excluding hydrogens is 258 g/mol. The minimum Gasteiger partial charge on any atom is -0.397 e. The Bertz CT molecular complexity index is 626. The highest BCUT2D eigenvalue weighted by Crippen LogP contribution is 2.37. The lowest BCUT2D eigenvalue weighted by Crippen LogP contribution is -2.27. The van der Waals surface area contributed by atoms with Gasteiger partial charge in [-0.3, -0.25) is 4.79 Å². The van der Waals surface area contributed by atoms with E-state index in [1.807, 2.05) is 10.8 Å². The van der Waals surface area contributed by atoms with Crippen LogP contribution in [0, 0.1) is 6.92 Å². The van der Waals surface area contributed by atoms with E-state index in [9.17, 15) is 4.79 Å². The lowest BCUT2D eigenvalue weighted by molar-refractivity contribution is 0.0944. The lowest BCUT2D eigenvalue weighted by Gasteiger charge is -2.07. The molecule has 1 aliphatic rings. The summed E-state index contributed by atoms with van der Waals surface area (Å²) in [5.74, 6) is 1.01. The van der Waals surface area contributed by atoms with E-state index in [0.717, 1.165) is 12.8 Å². The second-order valence-corrected chi connectivity index (χ2v) is 5.04. The Morgan fingerprint density at radius 2 is 2.40 bits per heavy atom. The number of nitrogens with one attached hydrogen (secondary N) is 1. The van der Waals surface area contributed by atoms with E-state index in [-0.39, 0.29) is 5.91 Å². The number of hydrogen-bond acceptors (Lipinski definition) is 5. The average molecular weight is 275 g/mol. The van der Waals surface area contributed by atoms with Crippen molar-refractivity contribution in [2.75, 3.05) is 12.3 Å². The van der Waals surface area contributed by atoms with Crippen LogP contribution in [0.2, 0.25) is 0 Å². The summed E-state index contributed by atoms with van der Waals surface area (Å²) < 4.78 is 6.95. The molecule has 0 unspecified atom stereocenters. The van der Waals surface area contributed by atoms with Crippen LogP contribution in [0.3, 0.4) is 0 Å². The molecular formula is C13H17N5O2. The van der Waals surface area contributed by atoms with E-state index in [0.29, 0.717) is 42.1 Å². The topological polar surface area (TPSA) is 99.0 Å². The quantitative estimate of drug-likeness (QED) is 0.850.